The van der Waals surface area contributed by atoms with Crippen molar-refractivity contribution in [1.29, 1.82) is 0 Å². The van der Waals surface area contributed by atoms with Gasteiger partial charge in [-0.25, -0.2) is 0 Å². The molecule has 0 atom stereocenters. The molecule has 2 aromatic rings. The highest BCUT2D eigenvalue weighted by molar-refractivity contribution is 5.99. The summed E-state index contributed by atoms with van der Waals surface area (Å²) in [7, 11) is 0. The second kappa shape index (κ2) is 5.57. The lowest BCUT2D eigenvalue weighted by Gasteiger charge is -2.12. The van der Waals surface area contributed by atoms with Crippen LogP contribution in [-0.4, -0.2) is 10.9 Å². The molecule has 3 nitrogen and oxygen atoms in total. The van der Waals surface area contributed by atoms with E-state index in [9.17, 15) is 9.90 Å². The van der Waals surface area contributed by atoms with Crippen LogP contribution in [0.25, 0.3) is 0 Å². The van der Waals surface area contributed by atoms with E-state index in [0.717, 1.165) is 11.1 Å². The first-order valence-corrected chi connectivity index (χ1v) is 6.09. The number of hydrogen-bond acceptors (Lipinski definition) is 3. The molecule has 2 aromatic carbocycles. The molecule has 98 valence electrons. The van der Waals surface area contributed by atoms with Crippen LogP contribution in [0.4, 0.5) is 0 Å². The second-order valence-electron chi connectivity index (χ2n) is 4.49. The van der Waals surface area contributed by atoms with E-state index in [0.29, 0.717) is 12.4 Å². The highest BCUT2D eigenvalue weighted by Crippen LogP contribution is 2.30. The fraction of sp³-hybridized carbons (Fsp3) is 0.188. The number of rotatable bonds is 4. The average Bonchev–Trinajstić information content (AvgIpc) is 2.36. The van der Waals surface area contributed by atoms with E-state index in [1.165, 1.54) is 6.92 Å². The third kappa shape index (κ3) is 3.13. The molecule has 0 saturated carbocycles. The maximum absolute atomic E-state index is 11.6. The number of aromatic hydroxyl groups is 1. The fourth-order valence-electron chi connectivity index (χ4n) is 1.94. The largest absolute Gasteiger partial charge is 0.507 e. The first kappa shape index (κ1) is 13.1. The normalized spacial score (nSPS) is 10.2. The molecule has 0 heterocycles. The predicted octanol–water partition coefficient (Wildman–Crippen LogP) is 3.48. The molecule has 0 amide bonds. The van der Waals surface area contributed by atoms with Gasteiger partial charge in [0.25, 0.3) is 0 Å². The zero-order valence-electron chi connectivity index (χ0n) is 11.0. The number of carbonyl (C=O) groups excluding carboxylic acids is 1. The zero-order chi connectivity index (χ0) is 13.8. The number of phenols is 1. The van der Waals surface area contributed by atoms with Gasteiger partial charge < -0.3 is 9.84 Å². The lowest BCUT2D eigenvalue weighted by molar-refractivity contribution is 0.101. The molecule has 0 spiro atoms. The Balaban J connectivity index is 2.27. The van der Waals surface area contributed by atoms with Gasteiger partial charge in [-0.05, 0) is 37.1 Å². The van der Waals surface area contributed by atoms with E-state index in [-0.39, 0.29) is 17.1 Å². The summed E-state index contributed by atoms with van der Waals surface area (Å²) in [4.78, 5) is 11.6. The van der Waals surface area contributed by atoms with E-state index in [1.807, 2.05) is 37.3 Å². The van der Waals surface area contributed by atoms with Crippen molar-refractivity contribution in [3.05, 3.63) is 59.2 Å². The Morgan fingerprint density at radius 1 is 1.21 bits per heavy atom. The van der Waals surface area contributed by atoms with Crippen molar-refractivity contribution in [2.24, 2.45) is 0 Å². The van der Waals surface area contributed by atoms with Crippen LogP contribution < -0.4 is 4.74 Å². The summed E-state index contributed by atoms with van der Waals surface area (Å²) in [6.45, 7) is 3.63. The third-order valence-corrected chi connectivity index (χ3v) is 2.81. The molecule has 19 heavy (non-hydrogen) atoms. The summed E-state index contributed by atoms with van der Waals surface area (Å²) in [5.41, 5.74) is 2.10. The lowest BCUT2D eigenvalue weighted by atomic mass is 10.1. The molecular weight excluding hydrogens is 240 g/mol. The van der Waals surface area contributed by atoms with Crippen molar-refractivity contribution in [2.75, 3.05) is 0 Å². The number of benzene rings is 2. The minimum atomic E-state index is -0.208. The highest BCUT2D eigenvalue weighted by Gasteiger charge is 2.15. The van der Waals surface area contributed by atoms with Crippen LogP contribution in [-0.2, 0) is 6.61 Å². The van der Waals surface area contributed by atoms with Crippen LogP contribution in [0.2, 0.25) is 0 Å². The molecule has 0 fully saturated rings. The van der Waals surface area contributed by atoms with Crippen LogP contribution in [0.15, 0.2) is 42.5 Å². The second-order valence-corrected chi connectivity index (χ2v) is 4.49. The smallest absolute Gasteiger partial charge is 0.167 e. The molecular formula is C16H16O3. The van der Waals surface area contributed by atoms with E-state index >= 15 is 0 Å². The van der Waals surface area contributed by atoms with Crippen molar-refractivity contribution in [2.45, 2.75) is 20.5 Å². The fourth-order valence-corrected chi connectivity index (χ4v) is 1.94. The minimum absolute atomic E-state index is 0.0319. The quantitative estimate of drug-likeness (QED) is 0.852. The summed E-state index contributed by atoms with van der Waals surface area (Å²) >= 11 is 0. The topological polar surface area (TPSA) is 46.5 Å². The molecule has 0 aromatic heterocycles. The van der Waals surface area contributed by atoms with Crippen molar-refractivity contribution in [3.63, 3.8) is 0 Å². The van der Waals surface area contributed by atoms with Gasteiger partial charge >= 0.3 is 0 Å². The average molecular weight is 256 g/mol. The number of ether oxygens (including phenoxy) is 1. The molecule has 0 saturated heterocycles. The van der Waals surface area contributed by atoms with Crippen molar-refractivity contribution < 1.29 is 14.6 Å². The first-order chi connectivity index (χ1) is 9.08. The summed E-state index contributed by atoms with van der Waals surface area (Å²) in [5, 5.41) is 9.84. The predicted molar refractivity (Wildman–Crippen MR) is 73.6 cm³/mol. The van der Waals surface area contributed by atoms with Gasteiger partial charge in [-0.15, -0.1) is 0 Å². The summed E-state index contributed by atoms with van der Waals surface area (Å²) in [6.07, 6.45) is 0. The highest BCUT2D eigenvalue weighted by atomic mass is 16.5. The van der Waals surface area contributed by atoms with Gasteiger partial charge in [-0.1, -0.05) is 30.3 Å². The zero-order valence-corrected chi connectivity index (χ0v) is 11.0. The van der Waals surface area contributed by atoms with E-state index in [2.05, 4.69) is 0 Å². The number of aryl methyl sites for hydroxylation is 1. The Hall–Kier alpha value is -2.29. The minimum Gasteiger partial charge on any atom is -0.507 e. The van der Waals surface area contributed by atoms with Crippen LogP contribution in [0.1, 0.15) is 28.4 Å². The van der Waals surface area contributed by atoms with Gasteiger partial charge in [0.1, 0.15) is 23.7 Å². The van der Waals surface area contributed by atoms with Gasteiger partial charge in [0.15, 0.2) is 5.78 Å². The van der Waals surface area contributed by atoms with Crippen LogP contribution in [0, 0.1) is 6.92 Å². The molecule has 0 radical (unpaired) electrons. The number of hydrogen-bond donors (Lipinski definition) is 1. The number of carbonyl (C=O) groups is 1. The van der Waals surface area contributed by atoms with Gasteiger partial charge in [0, 0.05) is 0 Å². The molecule has 0 aliphatic rings. The van der Waals surface area contributed by atoms with Crippen LogP contribution in [0.5, 0.6) is 11.5 Å². The van der Waals surface area contributed by atoms with E-state index in [4.69, 9.17) is 4.74 Å². The molecule has 3 heteroatoms. The Morgan fingerprint density at radius 2 is 1.89 bits per heavy atom. The van der Waals surface area contributed by atoms with Gasteiger partial charge in [0.2, 0.25) is 0 Å². The summed E-state index contributed by atoms with van der Waals surface area (Å²) < 4.78 is 5.67. The molecule has 0 unspecified atom stereocenters. The van der Waals surface area contributed by atoms with E-state index in [1.54, 1.807) is 12.1 Å². The standard InChI is InChI=1S/C16H16O3/c1-11-8-14(18)16(12(2)17)15(9-11)19-10-13-6-4-3-5-7-13/h3-9,18H,10H2,1-2H3. The van der Waals surface area contributed by atoms with Crippen molar-refractivity contribution in [1.82, 2.24) is 0 Å². The van der Waals surface area contributed by atoms with Crippen molar-refractivity contribution in [3.8, 4) is 11.5 Å². The molecule has 1 N–H and O–H groups in total. The SMILES string of the molecule is CC(=O)c1c(O)cc(C)cc1OCc1ccccc1. The monoisotopic (exact) mass is 256 g/mol. The number of phenolic OH excluding ortho intramolecular Hbond substituents is 1. The van der Waals surface area contributed by atoms with Crippen molar-refractivity contribution >= 4 is 5.78 Å². The molecule has 0 aliphatic heterocycles. The van der Waals surface area contributed by atoms with Crippen LogP contribution >= 0.6 is 0 Å². The first-order valence-electron chi connectivity index (χ1n) is 6.09. The molecule has 0 bridgehead atoms. The molecule has 0 aliphatic carbocycles. The molecule has 2 rings (SSSR count). The summed E-state index contributed by atoms with van der Waals surface area (Å²) in [6, 6.07) is 13.0. The van der Waals surface area contributed by atoms with Gasteiger partial charge in [-0.2, -0.15) is 0 Å². The number of Topliss-reactive ketones (excluding diaryl/α,β-unsaturated/α-hetero) is 1. The Labute approximate surface area is 112 Å². The van der Waals surface area contributed by atoms with Crippen LogP contribution in [0.3, 0.4) is 0 Å². The third-order valence-electron chi connectivity index (χ3n) is 2.81. The Morgan fingerprint density at radius 3 is 2.53 bits per heavy atom. The lowest BCUT2D eigenvalue weighted by Crippen LogP contribution is -2.02. The van der Waals surface area contributed by atoms with Gasteiger partial charge in [0.05, 0.1) is 0 Å². The Kier molecular flexibility index (Phi) is 3.85. The number of ketones is 1. The maximum Gasteiger partial charge on any atom is 0.167 e. The van der Waals surface area contributed by atoms with E-state index < -0.39 is 0 Å². The maximum atomic E-state index is 11.6. The Bertz CT molecular complexity index is 588. The van der Waals surface area contributed by atoms with Gasteiger partial charge in [-0.3, -0.25) is 4.79 Å². The summed E-state index contributed by atoms with van der Waals surface area (Å²) in [5.74, 6) is 0.185.